The summed E-state index contributed by atoms with van der Waals surface area (Å²) in [5, 5.41) is 18.8. The number of halogens is 3. The van der Waals surface area contributed by atoms with Crippen molar-refractivity contribution >= 4 is 5.82 Å². The molecule has 1 aliphatic rings. The number of nitrogens with one attached hydrogen (secondary N) is 1. The van der Waals surface area contributed by atoms with Gasteiger partial charge in [-0.2, -0.15) is 13.2 Å². The zero-order valence-corrected chi connectivity index (χ0v) is 10.7. The summed E-state index contributed by atoms with van der Waals surface area (Å²) in [6, 6.07) is 2.11. The molecule has 0 aliphatic carbocycles. The predicted octanol–water partition coefficient (Wildman–Crippen LogP) is 1.55. The maximum Gasteiger partial charge on any atom is 0.435 e. The van der Waals surface area contributed by atoms with E-state index in [0.717, 1.165) is 12.5 Å². The van der Waals surface area contributed by atoms with E-state index in [1.165, 1.54) is 6.07 Å². The molecule has 0 amide bonds. The van der Waals surface area contributed by atoms with E-state index in [4.69, 9.17) is 4.74 Å². The summed E-state index contributed by atoms with van der Waals surface area (Å²) in [5.41, 5.74) is -1.02. The summed E-state index contributed by atoms with van der Waals surface area (Å²) in [4.78, 5) is 0. The third kappa shape index (κ3) is 3.80. The minimum atomic E-state index is -4.49. The van der Waals surface area contributed by atoms with Gasteiger partial charge in [0.25, 0.3) is 0 Å². The van der Waals surface area contributed by atoms with Crippen molar-refractivity contribution in [2.45, 2.75) is 12.6 Å². The zero-order valence-electron chi connectivity index (χ0n) is 10.7. The molecule has 2 atom stereocenters. The SMILES string of the molecule is OCC(CNc1ccc(C(F)(F)F)nn1)C1CCOC1. The van der Waals surface area contributed by atoms with Gasteiger partial charge in [0.15, 0.2) is 5.69 Å². The number of aliphatic hydroxyl groups excluding tert-OH is 1. The van der Waals surface area contributed by atoms with Crippen LogP contribution >= 0.6 is 0 Å². The highest BCUT2D eigenvalue weighted by Crippen LogP contribution is 2.27. The number of hydrogen-bond acceptors (Lipinski definition) is 5. The van der Waals surface area contributed by atoms with Crippen molar-refractivity contribution in [3.63, 3.8) is 0 Å². The third-order valence-corrected chi connectivity index (χ3v) is 3.37. The second-order valence-electron chi connectivity index (χ2n) is 4.75. The zero-order chi connectivity index (χ0) is 14.6. The number of aliphatic hydroxyl groups is 1. The molecule has 2 rings (SSSR count). The molecule has 20 heavy (non-hydrogen) atoms. The number of rotatable bonds is 5. The molecule has 0 aromatic carbocycles. The fraction of sp³-hybridized carbons (Fsp3) is 0.667. The van der Waals surface area contributed by atoms with E-state index in [2.05, 4.69) is 15.5 Å². The lowest BCUT2D eigenvalue weighted by Crippen LogP contribution is -2.27. The summed E-state index contributed by atoms with van der Waals surface area (Å²) in [5.74, 6) is 0.506. The monoisotopic (exact) mass is 291 g/mol. The van der Waals surface area contributed by atoms with Crippen molar-refractivity contribution < 1.29 is 23.0 Å². The lowest BCUT2D eigenvalue weighted by atomic mass is 9.92. The van der Waals surface area contributed by atoms with Gasteiger partial charge in [-0.25, -0.2) is 0 Å². The van der Waals surface area contributed by atoms with Crippen LogP contribution in [0.25, 0.3) is 0 Å². The van der Waals surface area contributed by atoms with Crippen LogP contribution in [0.15, 0.2) is 12.1 Å². The number of anilines is 1. The van der Waals surface area contributed by atoms with Gasteiger partial charge >= 0.3 is 6.18 Å². The Balaban J connectivity index is 1.89. The predicted molar refractivity (Wildman–Crippen MR) is 65.0 cm³/mol. The first kappa shape index (κ1) is 15.0. The Morgan fingerprint density at radius 1 is 1.40 bits per heavy atom. The van der Waals surface area contributed by atoms with E-state index in [0.29, 0.717) is 19.8 Å². The van der Waals surface area contributed by atoms with Gasteiger partial charge in [-0.05, 0) is 24.5 Å². The van der Waals surface area contributed by atoms with E-state index in [-0.39, 0.29) is 24.3 Å². The van der Waals surface area contributed by atoms with Crippen LogP contribution in [-0.4, -0.2) is 41.7 Å². The Morgan fingerprint density at radius 2 is 2.20 bits per heavy atom. The maximum absolute atomic E-state index is 12.3. The number of nitrogens with zero attached hydrogens (tertiary/aromatic N) is 2. The molecule has 1 aromatic heterocycles. The van der Waals surface area contributed by atoms with Gasteiger partial charge in [-0.1, -0.05) is 0 Å². The van der Waals surface area contributed by atoms with Gasteiger partial charge in [0.05, 0.1) is 0 Å². The van der Waals surface area contributed by atoms with Gasteiger partial charge in [0.1, 0.15) is 5.82 Å². The minimum Gasteiger partial charge on any atom is -0.396 e. The second kappa shape index (κ2) is 6.36. The average molecular weight is 291 g/mol. The average Bonchev–Trinajstić information content (AvgIpc) is 2.93. The number of hydrogen-bond donors (Lipinski definition) is 2. The van der Waals surface area contributed by atoms with Crippen molar-refractivity contribution in [2.75, 3.05) is 31.7 Å². The molecule has 1 aromatic rings. The van der Waals surface area contributed by atoms with Crippen molar-refractivity contribution in [3.8, 4) is 0 Å². The first-order valence-corrected chi connectivity index (χ1v) is 6.34. The minimum absolute atomic E-state index is 0.00487. The molecule has 5 nitrogen and oxygen atoms in total. The maximum atomic E-state index is 12.3. The Bertz CT molecular complexity index is 419. The first-order chi connectivity index (χ1) is 9.50. The Labute approximate surface area is 114 Å². The van der Waals surface area contributed by atoms with Crippen LogP contribution in [0.5, 0.6) is 0 Å². The van der Waals surface area contributed by atoms with Crippen LogP contribution in [0, 0.1) is 11.8 Å². The van der Waals surface area contributed by atoms with Crippen molar-refractivity contribution in [2.24, 2.45) is 11.8 Å². The lowest BCUT2D eigenvalue weighted by molar-refractivity contribution is -0.141. The number of alkyl halides is 3. The van der Waals surface area contributed by atoms with Crippen molar-refractivity contribution in [1.29, 1.82) is 0 Å². The summed E-state index contributed by atoms with van der Waals surface area (Å²) in [6.07, 6.45) is -3.61. The highest BCUT2D eigenvalue weighted by atomic mass is 19.4. The summed E-state index contributed by atoms with van der Waals surface area (Å²) in [7, 11) is 0. The standard InChI is InChI=1S/C12H16F3N3O2/c13-12(14,15)10-1-2-11(18-17-10)16-5-9(6-19)8-3-4-20-7-8/h1-2,8-9,19H,3-7H2,(H,16,18). The molecule has 1 fully saturated rings. The number of aromatic nitrogens is 2. The molecule has 0 radical (unpaired) electrons. The molecule has 2 heterocycles. The van der Waals surface area contributed by atoms with E-state index in [1.54, 1.807) is 0 Å². The smallest absolute Gasteiger partial charge is 0.396 e. The summed E-state index contributed by atoms with van der Waals surface area (Å²) in [6.45, 7) is 1.70. The van der Waals surface area contributed by atoms with Crippen LogP contribution in [0.2, 0.25) is 0 Å². The van der Waals surface area contributed by atoms with E-state index in [1.807, 2.05) is 0 Å². The van der Waals surface area contributed by atoms with Crippen LogP contribution < -0.4 is 5.32 Å². The highest BCUT2D eigenvalue weighted by Gasteiger charge is 2.33. The third-order valence-electron chi connectivity index (χ3n) is 3.37. The van der Waals surface area contributed by atoms with Gasteiger partial charge in [0, 0.05) is 32.3 Å². The van der Waals surface area contributed by atoms with Crippen LogP contribution in [0.4, 0.5) is 19.0 Å². The second-order valence-corrected chi connectivity index (χ2v) is 4.75. The molecule has 8 heteroatoms. The molecule has 1 saturated heterocycles. The fourth-order valence-electron chi connectivity index (χ4n) is 2.12. The Hall–Kier alpha value is -1.41. The van der Waals surface area contributed by atoms with E-state index in [9.17, 15) is 18.3 Å². The van der Waals surface area contributed by atoms with Gasteiger partial charge in [-0.3, -0.25) is 0 Å². The molecular formula is C12H16F3N3O2. The molecule has 1 aliphatic heterocycles. The van der Waals surface area contributed by atoms with Crippen molar-refractivity contribution in [3.05, 3.63) is 17.8 Å². The van der Waals surface area contributed by atoms with Gasteiger partial charge in [-0.15, -0.1) is 10.2 Å². The first-order valence-electron chi connectivity index (χ1n) is 6.34. The van der Waals surface area contributed by atoms with E-state index < -0.39 is 11.9 Å². The lowest BCUT2D eigenvalue weighted by Gasteiger charge is -2.20. The van der Waals surface area contributed by atoms with Crippen LogP contribution in [0.3, 0.4) is 0 Å². The molecule has 0 bridgehead atoms. The van der Waals surface area contributed by atoms with E-state index >= 15 is 0 Å². The molecule has 2 unspecified atom stereocenters. The summed E-state index contributed by atoms with van der Waals surface area (Å²) >= 11 is 0. The molecule has 0 saturated carbocycles. The fourth-order valence-corrected chi connectivity index (χ4v) is 2.12. The molecular weight excluding hydrogens is 275 g/mol. The normalized spacial score (nSPS) is 20.9. The number of ether oxygens (including phenoxy) is 1. The quantitative estimate of drug-likeness (QED) is 0.861. The Morgan fingerprint density at radius 3 is 2.70 bits per heavy atom. The molecule has 112 valence electrons. The van der Waals surface area contributed by atoms with Crippen LogP contribution in [0.1, 0.15) is 12.1 Å². The van der Waals surface area contributed by atoms with Gasteiger partial charge < -0.3 is 15.2 Å². The van der Waals surface area contributed by atoms with Crippen molar-refractivity contribution in [1.82, 2.24) is 10.2 Å². The molecule has 2 N–H and O–H groups in total. The highest BCUT2D eigenvalue weighted by molar-refractivity contribution is 5.33. The topological polar surface area (TPSA) is 67.3 Å². The van der Waals surface area contributed by atoms with Crippen LogP contribution in [-0.2, 0) is 10.9 Å². The molecule has 0 spiro atoms. The largest absolute Gasteiger partial charge is 0.435 e. The Kier molecular flexibility index (Phi) is 4.77. The van der Waals surface area contributed by atoms with Gasteiger partial charge in [0.2, 0.25) is 0 Å². The summed E-state index contributed by atoms with van der Waals surface area (Å²) < 4.78 is 42.2.